The van der Waals surface area contributed by atoms with Crippen molar-refractivity contribution in [3.05, 3.63) is 12.2 Å². The van der Waals surface area contributed by atoms with Crippen molar-refractivity contribution in [2.45, 2.75) is 12.2 Å². The molecule has 0 heterocycles. The summed E-state index contributed by atoms with van der Waals surface area (Å²) in [6, 6.07) is 0. The first kappa shape index (κ1) is 25.4. The van der Waals surface area contributed by atoms with Gasteiger partial charge in [-0.05, 0) is 0 Å². The molecule has 156 valence electrons. The molecule has 0 aliphatic carbocycles. The minimum atomic E-state index is -4.02. The zero-order valence-electron chi connectivity index (χ0n) is 14.3. The van der Waals surface area contributed by atoms with Gasteiger partial charge in [-0.3, -0.25) is 16.7 Å². The third-order valence-electron chi connectivity index (χ3n) is 2.03. The Morgan fingerprint density at radius 1 is 0.577 bits per heavy atom. The lowest BCUT2D eigenvalue weighted by atomic mass is 10.3. The summed E-state index contributed by atoms with van der Waals surface area (Å²) >= 11 is 0. The number of hydrogen-bond acceptors (Lipinski definition) is 12. The molecule has 12 nitrogen and oxygen atoms in total. The van der Waals surface area contributed by atoms with E-state index < -0.39 is 65.9 Å². The molecular weight excluding hydrogens is 440 g/mol. The summed E-state index contributed by atoms with van der Waals surface area (Å²) in [6.45, 7) is -1.47. The van der Waals surface area contributed by atoms with Crippen molar-refractivity contribution >= 4 is 40.5 Å². The van der Waals surface area contributed by atoms with Gasteiger partial charge in [-0.15, -0.1) is 0 Å². The molecule has 0 spiro atoms. The highest BCUT2D eigenvalue weighted by Crippen LogP contribution is 2.08. The normalized spacial score (nSPS) is 16.6. The van der Waals surface area contributed by atoms with Crippen LogP contribution in [0, 0.1) is 0 Å². The minimum Gasteiger partial charge on any atom is -0.267 e. The molecule has 0 N–H and O–H groups in total. The van der Waals surface area contributed by atoms with Crippen LogP contribution in [0.2, 0.25) is 0 Å². The van der Waals surface area contributed by atoms with Crippen LogP contribution in [0.15, 0.2) is 12.2 Å². The van der Waals surface area contributed by atoms with Gasteiger partial charge in [0.1, 0.15) is 12.2 Å². The van der Waals surface area contributed by atoms with Crippen LogP contribution in [0.4, 0.5) is 0 Å². The van der Waals surface area contributed by atoms with E-state index in [2.05, 4.69) is 16.7 Å². The average Bonchev–Trinajstić information content (AvgIpc) is 2.33. The van der Waals surface area contributed by atoms with E-state index in [9.17, 15) is 33.7 Å². The highest BCUT2D eigenvalue weighted by Gasteiger charge is 2.19. The maximum absolute atomic E-state index is 11.2. The van der Waals surface area contributed by atoms with Crippen molar-refractivity contribution < 1.29 is 50.4 Å². The Hall–Kier alpha value is -0.620. The molecule has 0 saturated carbocycles. The van der Waals surface area contributed by atoms with Crippen LogP contribution in [-0.2, 0) is 57.2 Å². The van der Waals surface area contributed by atoms with Crippen molar-refractivity contribution in [1.29, 1.82) is 0 Å². The summed E-state index contributed by atoms with van der Waals surface area (Å²) < 4.78 is 107. The van der Waals surface area contributed by atoms with Crippen LogP contribution in [0.1, 0.15) is 0 Å². The lowest BCUT2D eigenvalue weighted by molar-refractivity contribution is 0.163. The Balaban J connectivity index is 5.39. The third-order valence-corrected chi connectivity index (χ3v) is 4.35. The molecule has 16 heteroatoms. The highest BCUT2D eigenvalue weighted by atomic mass is 32.2. The van der Waals surface area contributed by atoms with Gasteiger partial charge in [0, 0.05) is 0 Å². The van der Waals surface area contributed by atoms with Gasteiger partial charge in [-0.1, -0.05) is 12.2 Å². The highest BCUT2D eigenvalue weighted by molar-refractivity contribution is 7.86. The second-order valence-corrected chi connectivity index (χ2v) is 11.5. The molecule has 0 aromatic heterocycles. The molecule has 0 rings (SSSR count). The summed E-state index contributed by atoms with van der Waals surface area (Å²) in [7, 11) is -15.9. The van der Waals surface area contributed by atoms with Crippen LogP contribution in [0.25, 0.3) is 0 Å². The number of rotatable bonds is 12. The number of hydrogen-bond donors (Lipinski definition) is 0. The van der Waals surface area contributed by atoms with Gasteiger partial charge in [0.05, 0.1) is 38.2 Å². The maximum Gasteiger partial charge on any atom is 0.265 e. The third kappa shape index (κ3) is 16.8. The second kappa shape index (κ2) is 9.54. The lowest BCUT2D eigenvalue weighted by Gasteiger charge is -2.15. The molecular formula is C10H20O12S4. The van der Waals surface area contributed by atoms with E-state index in [4.69, 9.17) is 0 Å². The molecule has 0 bridgehead atoms. The van der Waals surface area contributed by atoms with Crippen molar-refractivity contribution in [3.8, 4) is 0 Å². The first-order chi connectivity index (χ1) is 11.4. The summed E-state index contributed by atoms with van der Waals surface area (Å²) in [6.07, 6.45) is 1.82. The van der Waals surface area contributed by atoms with Gasteiger partial charge in [0.25, 0.3) is 40.5 Å². The average molecular weight is 461 g/mol. The molecule has 26 heavy (non-hydrogen) atoms. The van der Waals surface area contributed by atoms with E-state index in [0.29, 0.717) is 12.5 Å². The Morgan fingerprint density at radius 3 is 1.04 bits per heavy atom. The summed E-state index contributed by atoms with van der Waals surface area (Å²) in [5.74, 6) is 0. The van der Waals surface area contributed by atoms with Gasteiger partial charge in [-0.2, -0.15) is 33.7 Å². The molecule has 0 aromatic rings. The second-order valence-electron chi connectivity index (χ2n) is 5.04. The summed E-state index contributed by atoms with van der Waals surface area (Å²) in [4.78, 5) is 0. The standard InChI is InChI=1S/C10H20O12S4/c1-23(11,12)19-7-9(21-25(3,15)16)5-6-10(22-26(4,17)18)8-20-24(2,13)14/h5-6,9-10H,7-8H2,1-4H3/b6-5+. The lowest BCUT2D eigenvalue weighted by Crippen LogP contribution is -2.26. The first-order valence-electron chi connectivity index (χ1n) is 6.50. The van der Waals surface area contributed by atoms with Crippen LogP contribution < -0.4 is 0 Å². The molecule has 0 aliphatic rings. The van der Waals surface area contributed by atoms with Gasteiger partial charge >= 0.3 is 0 Å². The topological polar surface area (TPSA) is 173 Å². The van der Waals surface area contributed by atoms with Gasteiger partial charge in [-0.25, -0.2) is 0 Å². The molecule has 0 radical (unpaired) electrons. The monoisotopic (exact) mass is 460 g/mol. The van der Waals surface area contributed by atoms with E-state index in [1.165, 1.54) is 0 Å². The van der Waals surface area contributed by atoms with Crippen molar-refractivity contribution in [3.63, 3.8) is 0 Å². The van der Waals surface area contributed by atoms with E-state index >= 15 is 0 Å². The van der Waals surface area contributed by atoms with Gasteiger partial charge in [0.2, 0.25) is 0 Å². The van der Waals surface area contributed by atoms with E-state index in [0.717, 1.165) is 24.7 Å². The Kier molecular flexibility index (Phi) is 9.31. The molecule has 0 aliphatic heterocycles. The molecule has 0 aromatic carbocycles. The van der Waals surface area contributed by atoms with Gasteiger partial charge < -0.3 is 0 Å². The molecule has 0 fully saturated rings. The molecule has 2 atom stereocenters. The van der Waals surface area contributed by atoms with E-state index in [-0.39, 0.29) is 0 Å². The van der Waals surface area contributed by atoms with Gasteiger partial charge in [0.15, 0.2) is 0 Å². The fourth-order valence-corrected chi connectivity index (χ4v) is 3.21. The first-order valence-corrected chi connectivity index (χ1v) is 13.8. The van der Waals surface area contributed by atoms with Crippen LogP contribution >= 0.6 is 0 Å². The smallest absolute Gasteiger partial charge is 0.265 e. The van der Waals surface area contributed by atoms with E-state index in [1.807, 2.05) is 0 Å². The predicted molar refractivity (Wildman–Crippen MR) is 90.2 cm³/mol. The van der Waals surface area contributed by atoms with Crippen molar-refractivity contribution in [1.82, 2.24) is 0 Å². The molecule has 2 unspecified atom stereocenters. The van der Waals surface area contributed by atoms with Crippen LogP contribution in [0.5, 0.6) is 0 Å². The summed E-state index contributed by atoms with van der Waals surface area (Å²) in [5, 5.41) is 0. The fraction of sp³-hybridized carbons (Fsp3) is 0.800. The zero-order chi connectivity index (χ0) is 20.8. The quantitative estimate of drug-likeness (QED) is 0.236. The fourth-order valence-electron chi connectivity index (χ4n) is 1.31. The Labute approximate surface area is 153 Å². The van der Waals surface area contributed by atoms with Crippen molar-refractivity contribution in [2.24, 2.45) is 0 Å². The zero-order valence-corrected chi connectivity index (χ0v) is 17.5. The van der Waals surface area contributed by atoms with Crippen LogP contribution in [0.3, 0.4) is 0 Å². The Morgan fingerprint density at radius 2 is 0.846 bits per heavy atom. The van der Waals surface area contributed by atoms with Crippen molar-refractivity contribution in [2.75, 3.05) is 38.2 Å². The molecule has 0 saturated heterocycles. The summed E-state index contributed by atoms with van der Waals surface area (Å²) in [5.41, 5.74) is 0. The SMILES string of the molecule is CS(=O)(=O)OCC(/C=C/C(COS(C)(=O)=O)OS(C)(=O)=O)OS(C)(=O)=O. The Bertz CT molecular complexity index is 819. The minimum absolute atomic E-state index is 0.700. The maximum atomic E-state index is 11.2. The van der Waals surface area contributed by atoms with E-state index in [1.54, 1.807) is 0 Å². The van der Waals surface area contributed by atoms with Crippen LogP contribution in [-0.4, -0.2) is 84.1 Å². The molecule has 0 amide bonds. The largest absolute Gasteiger partial charge is 0.267 e. The predicted octanol–water partition coefficient (Wildman–Crippen LogP) is -1.82.